The van der Waals surface area contributed by atoms with E-state index < -0.39 is 11.9 Å². The van der Waals surface area contributed by atoms with Crippen molar-refractivity contribution in [3.63, 3.8) is 0 Å². The van der Waals surface area contributed by atoms with Gasteiger partial charge in [-0.2, -0.15) is 5.26 Å². The zero-order valence-corrected chi connectivity index (χ0v) is 21.5. The van der Waals surface area contributed by atoms with Crippen LogP contribution in [0.3, 0.4) is 0 Å². The molecule has 5 rings (SSSR count). The van der Waals surface area contributed by atoms with Gasteiger partial charge in [0.2, 0.25) is 11.6 Å². The van der Waals surface area contributed by atoms with Crippen LogP contribution in [0.5, 0.6) is 17.2 Å². The standard InChI is InChI=1S/C30H23ClN2O5/c1-4-11-35-19-7-5-18(6-8-19)27-21-10-9-20(13-26(21)38-29(33)23(27)15-32)36-30(34)28-17(3)22-14-24(31)16(2)12-25(22)37-28/h4-10,12-14,27H,1,11,33H2,2-3H3. The Hall–Kier alpha value is -4.67. The monoisotopic (exact) mass is 526 g/mol. The fraction of sp³-hybridized carbons (Fsp3) is 0.133. The number of nitriles is 1. The van der Waals surface area contributed by atoms with E-state index in [1.54, 1.807) is 43.3 Å². The highest BCUT2D eigenvalue weighted by atomic mass is 35.5. The molecular weight excluding hydrogens is 504 g/mol. The van der Waals surface area contributed by atoms with Crippen LogP contribution in [0.1, 0.15) is 38.7 Å². The van der Waals surface area contributed by atoms with E-state index >= 15 is 0 Å². The lowest BCUT2D eigenvalue weighted by atomic mass is 9.83. The lowest BCUT2D eigenvalue weighted by Gasteiger charge is -2.26. The Balaban J connectivity index is 1.45. The molecule has 0 saturated carbocycles. The number of rotatable bonds is 6. The summed E-state index contributed by atoms with van der Waals surface area (Å²) >= 11 is 6.25. The van der Waals surface area contributed by atoms with Crippen molar-refractivity contribution < 1.29 is 23.4 Å². The lowest BCUT2D eigenvalue weighted by Crippen LogP contribution is -2.21. The predicted molar refractivity (Wildman–Crippen MR) is 144 cm³/mol. The number of esters is 1. The van der Waals surface area contributed by atoms with Gasteiger partial charge in [-0.3, -0.25) is 0 Å². The van der Waals surface area contributed by atoms with Crippen molar-refractivity contribution in [2.24, 2.45) is 5.73 Å². The summed E-state index contributed by atoms with van der Waals surface area (Å²) in [4.78, 5) is 13.0. The summed E-state index contributed by atoms with van der Waals surface area (Å²) in [6, 6.07) is 18.1. The third-order valence-electron chi connectivity index (χ3n) is 6.39. The van der Waals surface area contributed by atoms with Gasteiger partial charge in [0.1, 0.15) is 41.1 Å². The number of hydrogen-bond acceptors (Lipinski definition) is 7. The Morgan fingerprint density at radius 2 is 1.89 bits per heavy atom. The number of nitrogens with zero attached hydrogens (tertiary/aromatic N) is 1. The highest BCUT2D eigenvalue weighted by molar-refractivity contribution is 6.32. The molecule has 4 aromatic rings. The van der Waals surface area contributed by atoms with Gasteiger partial charge in [0.05, 0.1) is 5.92 Å². The molecule has 190 valence electrons. The third-order valence-corrected chi connectivity index (χ3v) is 6.79. The molecule has 0 radical (unpaired) electrons. The first-order valence-electron chi connectivity index (χ1n) is 11.8. The number of allylic oxidation sites excluding steroid dienone is 1. The molecule has 2 N–H and O–H groups in total. The summed E-state index contributed by atoms with van der Waals surface area (Å²) < 4.78 is 22.7. The summed E-state index contributed by atoms with van der Waals surface area (Å²) in [5.74, 6) is 0.250. The normalized spacial score (nSPS) is 14.4. The average Bonchev–Trinajstić information content (AvgIpc) is 3.22. The van der Waals surface area contributed by atoms with Gasteiger partial charge < -0.3 is 24.4 Å². The van der Waals surface area contributed by atoms with E-state index in [1.807, 2.05) is 31.2 Å². The Morgan fingerprint density at radius 3 is 2.61 bits per heavy atom. The van der Waals surface area contributed by atoms with Crippen molar-refractivity contribution in [2.75, 3.05) is 6.61 Å². The third kappa shape index (κ3) is 4.47. The van der Waals surface area contributed by atoms with Crippen molar-refractivity contribution in [1.82, 2.24) is 0 Å². The van der Waals surface area contributed by atoms with Crippen molar-refractivity contribution in [2.45, 2.75) is 19.8 Å². The molecule has 2 heterocycles. The number of aryl methyl sites for hydroxylation is 2. The minimum absolute atomic E-state index is 0.0131. The minimum Gasteiger partial charge on any atom is -0.490 e. The summed E-state index contributed by atoms with van der Waals surface area (Å²) in [7, 11) is 0. The van der Waals surface area contributed by atoms with E-state index in [4.69, 9.17) is 36.0 Å². The average molecular weight is 527 g/mol. The molecule has 7 nitrogen and oxygen atoms in total. The first kappa shape index (κ1) is 25.0. The summed E-state index contributed by atoms with van der Waals surface area (Å²) in [5.41, 5.74) is 9.97. The number of benzene rings is 3. The molecule has 0 saturated heterocycles. The van der Waals surface area contributed by atoms with Gasteiger partial charge >= 0.3 is 5.97 Å². The number of ether oxygens (including phenoxy) is 3. The van der Waals surface area contributed by atoms with Gasteiger partial charge in [-0.15, -0.1) is 0 Å². The Kier molecular flexibility index (Phi) is 6.58. The largest absolute Gasteiger partial charge is 0.490 e. The highest BCUT2D eigenvalue weighted by Crippen LogP contribution is 2.44. The Labute approximate surface area is 224 Å². The lowest BCUT2D eigenvalue weighted by molar-refractivity contribution is 0.0702. The number of nitrogens with two attached hydrogens (primary N) is 1. The first-order chi connectivity index (χ1) is 18.3. The van der Waals surface area contributed by atoms with Gasteiger partial charge in [-0.25, -0.2) is 4.79 Å². The van der Waals surface area contributed by atoms with Crippen molar-refractivity contribution in [1.29, 1.82) is 5.26 Å². The maximum Gasteiger partial charge on any atom is 0.379 e. The number of hydrogen-bond donors (Lipinski definition) is 1. The summed E-state index contributed by atoms with van der Waals surface area (Å²) in [6.45, 7) is 7.67. The van der Waals surface area contributed by atoms with E-state index in [2.05, 4.69) is 12.6 Å². The van der Waals surface area contributed by atoms with Crippen LogP contribution in [-0.4, -0.2) is 12.6 Å². The zero-order chi connectivity index (χ0) is 27.0. The van der Waals surface area contributed by atoms with Crippen LogP contribution in [0.15, 0.2) is 83.1 Å². The maximum absolute atomic E-state index is 13.0. The van der Waals surface area contributed by atoms with E-state index in [1.165, 1.54) is 0 Å². The number of carbonyl (C=O) groups is 1. The number of furan rings is 1. The van der Waals surface area contributed by atoms with Crippen LogP contribution >= 0.6 is 11.6 Å². The molecule has 1 aliphatic heterocycles. The van der Waals surface area contributed by atoms with Crippen LogP contribution in [0.25, 0.3) is 11.0 Å². The SMILES string of the molecule is C=CCOc1ccc(C2C(C#N)=C(N)Oc3cc(OC(=O)c4oc5cc(C)c(Cl)cc5c4C)ccc32)cc1. The fourth-order valence-electron chi connectivity index (χ4n) is 4.44. The minimum atomic E-state index is -0.656. The zero-order valence-electron chi connectivity index (χ0n) is 20.7. The summed E-state index contributed by atoms with van der Waals surface area (Å²) in [6.07, 6.45) is 1.66. The molecule has 8 heteroatoms. The molecule has 1 unspecified atom stereocenters. The molecule has 0 spiro atoms. The second kappa shape index (κ2) is 10.0. The molecule has 3 aromatic carbocycles. The highest BCUT2D eigenvalue weighted by Gasteiger charge is 2.31. The summed E-state index contributed by atoms with van der Waals surface area (Å²) in [5, 5.41) is 11.1. The van der Waals surface area contributed by atoms with Crippen LogP contribution in [-0.2, 0) is 0 Å². The number of fused-ring (bicyclic) bond motifs is 2. The molecule has 1 atom stereocenters. The molecule has 0 amide bonds. The predicted octanol–water partition coefficient (Wildman–Crippen LogP) is 6.71. The number of carbonyl (C=O) groups excluding carboxylic acids is 1. The topological polar surface area (TPSA) is 108 Å². The number of halogens is 1. The molecule has 0 bridgehead atoms. The quantitative estimate of drug-likeness (QED) is 0.169. The van der Waals surface area contributed by atoms with Crippen molar-refractivity contribution >= 4 is 28.5 Å². The van der Waals surface area contributed by atoms with E-state index in [0.717, 1.165) is 16.5 Å². The van der Waals surface area contributed by atoms with Crippen LogP contribution < -0.4 is 19.9 Å². The second-order valence-electron chi connectivity index (χ2n) is 8.84. The van der Waals surface area contributed by atoms with E-state index in [9.17, 15) is 10.1 Å². The molecule has 38 heavy (non-hydrogen) atoms. The smallest absolute Gasteiger partial charge is 0.379 e. The van der Waals surface area contributed by atoms with E-state index in [-0.39, 0.29) is 23.0 Å². The fourth-order valence-corrected chi connectivity index (χ4v) is 4.61. The molecule has 0 fully saturated rings. The molecule has 1 aliphatic rings. The second-order valence-corrected chi connectivity index (χ2v) is 9.24. The van der Waals surface area contributed by atoms with Gasteiger partial charge in [0.25, 0.3) is 0 Å². The van der Waals surface area contributed by atoms with Crippen LogP contribution in [0.4, 0.5) is 0 Å². The Bertz CT molecular complexity index is 1660. The van der Waals surface area contributed by atoms with Gasteiger partial charge in [-0.1, -0.05) is 42.5 Å². The van der Waals surface area contributed by atoms with Crippen molar-refractivity contribution in [3.8, 4) is 23.3 Å². The first-order valence-corrected chi connectivity index (χ1v) is 12.1. The van der Waals surface area contributed by atoms with Gasteiger partial charge in [0, 0.05) is 27.6 Å². The van der Waals surface area contributed by atoms with Gasteiger partial charge in [0.15, 0.2) is 0 Å². The maximum atomic E-state index is 13.0. The van der Waals surface area contributed by atoms with Gasteiger partial charge in [-0.05, 0) is 55.3 Å². The van der Waals surface area contributed by atoms with Crippen LogP contribution in [0.2, 0.25) is 5.02 Å². The van der Waals surface area contributed by atoms with Crippen molar-refractivity contribution in [3.05, 3.63) is 112 Å². The molecule has 0 aliphatic carbocycles. The van der Waals surface area contributed by atoms with E-state index in [0.29, 0.717) is 39.8 Å². The Morgan fingerprint density at radius 1 is 1.16 bits per heavy atom. The molecule has 1 aromatic heterocycles. The molecular formula is C30H23ClN2O5. The van der Waals surface area contributed by atoms with Crippen LogP contribution in [0, 0.1) is 25.2 Å².